The van der Waals surface area contributed by atoms with Gasteiger partial charge in [-0.05, 0) is 94.7 Å². The van der Waals surface area contributed by atoms with Crippen LogP contribution in [0.15, 0.2) is 103 Å². The van der Waals surface area contributed by atoms with E-state index in [4.69, 9.17) is 4.74 Å². The molecule has 202 valence electrons. The fourth-order valence-corrected chi connectivity index (χ4v) is 10.3. The molecule has 10 rings (SSSR count). The molecule has 5 aromatic carbocycles. The maximum atomic E-state index is 6.89. The number of anilines is 2. The Morgan fingerprint density at radius 1 is 0.690 bits per heavy atom. The molecule has 5 aromatic rings. The molecule has 0 spiro atoms. The summed E-state index contributed by atoms with van der Waals surface area (Å²) >= 11 is 0. The quantitative estimate of drug-likeness (QED) is 0.219. The zero-order valence-electron chi connectivity index (χ0n) is 24.4. The van der Waals surface area contributed by atoms with Crippen molar-refractivity contribution in [2.24, 2.45) is 0 Å². The van der Waals surface area contributed by atoms with Crippen LogP contribution in [0.5, 0.6) is 11.5 Å². The molecule has 4 heterocycles. The van der Waals surface area contributed by atoms with Gasteiger partial charge in [0.15, 0.2) is 0 Å². The van der Waals surface area contributed by atoms with E-state index in [1.165, 1.54) is 74.8 Å². The zero-order valence-corrected chi connectivity index (χ0v) is 24.4. The molecule has 0 N–H and O–H groups in total. The number of hydrogen-bond donors (Lipinski definition) is 0. The summed E-state index contributed by atoms with van der Waals surface area (Å²) in [6.45, 7) is 7.65. The standard InChI is InChI=1S/C39H32BNO/c1-24-23-28-34-36-32(24)37(2)21-12-22-38(37,3)41(36)29-18-11-20-31-35(29)40(34)33-27(17-10-19-30(33)42-31)39(28,25-13-6-4-7-14-25)26-15-8-5-9-16-26/h4-11,13-20,23H,12,21-22H2,1-3H3. The molecule has 1 saturated carbocycles. The number of rotatable bonds is 2. The molecular weight excluding hydrogens is 509 g/mol. The average Bonchev–Trinajstić information content (AvgIpc) is 3.42. The fourth-order valence-electron chi connectivity index (χ4n) is 10.3. The van der Waals surface area contributed by atoms with Crippen LogP contribution in [-0.4, -0.2) is 12.3 Å². The highest BCUT2D eigenvalue weighted by Gasteiger charge is 2.65. The van der Waals surface area contributed by atoms with E-state index in [-0.39, 0.29) is 17.7 Å². The van der Waals surface area contributed by atoms with Gasteiger partial charge in [-0.1, -0.05) is 98.3 Å². The first-order valence-corrected chi connectivity index (χ1v) is 15.5. The Morgan fingerprint density at radius 3 is 2.07 bits per heavy atom. The van der Waals surface area contributed by atoms with Gasteiger partial charge in [-0.15, -0.1) is 0 Å². The molecule has 0 radical (unpaired) electrons. The van der Waals surface area contributed by atoms with E-state index in [2.05, 4.69) is 129 Å². The number of hydrogen-bond acceptors (Lipinski definition) is 2. The van der Waals surface area contributed by atoms with Gasteiger partial charge in [-0.2, -0.15) is 0 Å². The Kier molecular flexibility index (Phi) is 4.11. The molecule has 1 fully saturated rings. The molecule has 2 nitrogen and oxygen atoms in total. The lowest BCUT2D eigenvalue weighted by atomic mass is 9.28. The largest absolute Gasteiger partial charge is 0.458 e. The second-order valence-corrected chi connectivity index (χ2v) is 13.6. The Balaban J connectivity index is 1.47. The summed E-state index contributed by atoms with van der Waals surface area (Å²) < 4.78 is 6.89. The van der Waals surface area contributed by atoms with E-state index >= 15 is 0 Å². The molecule has 2 atom stereocenters. The van der Waals surface area contributed by atoms with Gasteiger partial charge in [0, 0.05) is 16.8 Å². The summed E-state index contributed by atoms with van der Waals surface area (Å²) in [4.78, 5) is 2.79. The highest BCUT2D eigenvalue weighted by Crippen LogP contribution is 2.65. The highest BCUT2D eigenvalue weighted by molar-refractivity contribution is 7.00. The maximum absolute atomic E-state index is 6.89. The van der Waals surface area contributed by atoms with Gasteiger partial charge in [0.25, 0.3) is 6.71 Å². The van der Waals surface area contributed by atoms with Crippen LogP contribution < -0.4 is 26.0 Å². The van der Waals surface area contributed by atoms with E-state index in [1.54, 1.807) is 5.56 Å². The molecule has 2 unspecified atom stereocenters. The van der Waals surface area contributed by atoms with E-state index in [9.17, 15) is 0 Å². The maximum Gasteiger partial charge on any atom is 0.257 e. The summed E-state index contributed by atoms with van der Waals surface area (Å²) in [5.74, 6) is 2.02. The third-order valence-electron chi connectivity index (χ3n) is 12.0. The van der Waals surface area contributed by atoms with Crippen LogP contribution in [0.3, 0.4) is 0 Å². The van der Waals surface area contributed by atoms with Crippen molar-refractivity contribution in [2.45, 2.75) is 56.4 Å². The average molecular weight is 542 g/mol. The van der Waals surface area contributed by atoms with Crippen molar-refractivity contribution < 1.29 is 4.74 Å². The number of aryl methyl sites for hydroxylation is 1. The summed E-state index contributed by atoms with van der Waals surface area (Å²) in [6.07, 6.45) is 3.69. The summed E-state index contributed by atoms with van der Waals surface area (Å²) in [5.41, 5.74) is 15.1. The molecule has 1 aliphatic carbocycles. The van der Waals surface area contributed by atoms with Crippen molar-refractivity contribution >= 4 is 34.5 Å². The van der Waals surface area contributed by atoms with Gasteiger partial charge in [0.1, 0.15) is 11.5 Å². The van der Waals surface area contributed by atoms with Gasteiger partial charge < -0.3 is 9.64 Å². The van der Waals surface area contributed by atoms with Crippen molar-refractivity contribution in [3.63, 3.8) is 0 Å². The lowest BCUT2D eigenvalue weighted by Gasteiger charge is -2.51. The fraction of sp³-hybridized carbons (Fsp3) is 0.231. The first-order valence-electron chi connectivity index (χ1n) is 15.5. The van der Waals surface area contributed by atoms with Gasteiger partial charge in [-0.3, -0.25) is 0 Å². The molecule has 0 saturated heterocycles. The molecular formula is C39H32BNO. The van der Waals surface area contributed by atoms with Crippen LogP contribution in [0.25, 0.3) is 0 Å². The van der Waals surface area contributed by atoms with Gasteiger partial charge >= 0.3 is 0 Å². The normalized spacial score (nSPS) is 24.3. The van der Waals surface area contributed by atoms with E-state index in [0.29, 0.717) is 0 Å². The minimum atomic E-state index is -0.461. The third kappa shape index (κ3) is 2.31. The number of fused-ring (bicyclic) bond motifs is 4. The number of benzene rings is 5. The third-order valence-corrected chi connectivity index (χ3v) is 12.0. The van der Waals surface area contributed by atoms with Crippen molar-refractivity contribution in [3.05, 3.63) is 137 Å². The van der Waals surface area contributed by atoms with Crippen LogP contribution in [0, 0.1) is 6.92 Å². The van der Waals surface area contributed by atoms with E-state index in [0.717, 1.165) is 11.5 Å². The van der Waals surface area contributed by atoms with Crippen molar-refractivity contribution in [3.8, 4) is 11.5 Å². The second-order valence-electron chi connectivity index (χ2n) is 13.6. The number of ether oxygens (including phenoxy) is 1. The highest BCUT2D eigenvalue weighted by atomic mass is 16.5. The molecule has 3 heteroatoms. The van der Waals surface area contributed by atoms with Crippen LogP contribution in [0.2, 0.25) is 0 Å². The molecule has 5 aliphatic rings. The summed E-state index contributed by atoms with van der Waals surface area (Å²) in [6, 6.07) is 38.6. The van der Waals surface area contributed by atoms with Crippen LogP contribution in [0.1, 0.15) is 66.5 Å². The lowest BCUT2D eigenvalue weighted by Crippen LogP contribution is -2.68. The van der Waals surface area contributed by atoms with Gasteiger partial charge in [0.2, 0.25) is 0 Å². The first-order chi connectivity index (χ1) is 20.5. The minimum Gasteiger partial charge on any atom is -0.458 e. The Labute approximate surface area is 248 Å². The van der Waals surface area contributed by atoms with Crippen LogP contribution in [-0.2, 0) is 10.8 Å². The molecule has 4 aliphatic heterocycles. The van der Waals surface area contributed by atoms with E-state index < -0.39 is 5.41 Å². The molecule has 0 aromatic heterocycles. The number of nitrogens with zero attached hydrogens (tertiary/aromatic N) is 1. The molecule has 42 heavy (non-hydrogen) atoms. The Morgan fingerprint density at radius 2 is 1.36 bits per heavy atom. The molecule has 0 bridgehead atoms. The minimum absolute atomic E-state index is 0.0225. The van der Waals surface area contributed by atoms with Gasteiger partial charge in [0.05, 0.1) is 11.0 Å². The Bertz CT molecular complexity index is 1960. The van der Waals surface area contributed by atoms with Crippen molar-refractivity contribution in [2.75, 3.05) is 4.90 Å². The second kappa shape index (κ2) is 7.39. The lowest BCUT2D eigenvalue weighted by molar-refractivity contribution is 0.329. The predicted octanol–water partition coefficient (Wildman–Crippen LogP) is 6.98. The summed E-state index contributed by atoms with van der Waals surface area (Å²) in [5, 5.41) is 0. The van der Waals surface area contributed by atoms with Crippen LogP contribution in [0.4, 0.5) is 11.4 Å². The smallest absolute Gasteiger partial charge is 0.257 e. The topological polar surface area (TPSA) is 12.5 Å². The molecule has 0 amide bonds. The van der Waals surface area contributed by atoms with Gasteiger partial charge in [-0.25, -0.2) is 0 Å². The monoisotopic (exact) mass is 541 g/mol. The first kappa shape index (κ1) is 23.3. The van der Waals surface area contributed by atoms with Crippen molar-refractivity contribution in [1.29, 1.82) is 0 Å². The van der Waals surface area contributed by atoms with E-state index in [1.807, 2.05) is 0 Å². The van der Waals surface area contributed by atoms with Crippen LogP contribution >= 0.6 is 0 Å². The zero-order chi connectivity index (χ0) is 28.0. The summed E-state index contributed by atoms with van der Waals surface area (Å²) in [7, 11) is 0. The SMILES string of the molecule is Cc1cc2c3c4c1C1(C)CCCC1(C)N4c1cccc4c1B3c1c(cccc1C2(c1ccccc1)c1ccccc1)O4. The predicted molar refractivity (Wildman–Crippen MR) is 172 cm³/mol. The van der Waals surface area contributed by atoms with Crippen molar-refractivity contribution in [1.82, 2.24) is 0 Å². The Hall–Kier alpha value is -4.24.